The van der Waals surface area contributed by atoms with E-state index in [1.807, 2.05) is 12.2 Å². The molecule has 1 unspecified atom stereocenters. The summed E-state index contributed by atoms with van der Waals surface area (Å²) in [5.41, 5.74) is 1.33. The number of ether oxygens (including phenoxy) is 1. The molecule has 1 heterocycles. The molecule has 2 aromatic carbocycles. The number of rotatable bonds is 8. The third-order valence-corrected chi connectivity index (χ3v) is 9.77. The summed E-state index contributed by atoms with van der Waals surface area (Å²) in [6.45, 7) is 6.68. The third-order valence-electron chi connectivity index (χ3n) is 6.59. The van der Waals surface area contributed by atoms with Crippen molar-refractivity contribution in [2.75, 3.05) is 5.75 Å². The van der Waals surface area contributed by atoms with Crippen molar-refractivity contribution in [3.8, 4) is 6.19 Å². The molecule has 0 aliphatic carbocycles. The largest absolute Gasteiger partial charge is 0.357 e. The summed E-state index contributed by atoms with van der Waals surface area (Å²) in [4.78, 5) is 27.9. The molecule has 204 valence electrons. The normalized spacial score (nSPS) is 21.0. The van der Waals surface area contributed by atoms with Crippen LogP contribution < -0.4 is 5.32 Å². The molecule has 11 heteroatoms. The molecule has 38 heavy (non-hydrogen) atoms. The number of carbonyl (C=O) groups is 2. The van der Waals surface area contributed by atoms with Gasteiger partial charge in [-0.1, -0.05) is 54.4 Å². The maximum atomic E-state index is 14.0. The van der Waals surface area contributed by atoms with Gasteiger partial charge in [0.05, 0.1) is 23.0 Å². The fourth-order valence-electron chi connectivity index (χ4n) is 4.42. The number of nitrogens with zero attached hydrogens (tertiary/aromatic N) is 2. The summed E-state index contributed by atoms with van der Waals surface area (Å²) < 4.78 is 31.8. The zero-order valence-corrected chi connectivity index (χ0v) is 24.0. The van der Waals surface area contributed by atoms with E-state index in [0.29, 0.717) is 27.6 Å². The Balaban J connectivity index is 2.21. The molecule has 0 bridgehead atoms. The Morgan fingerprint density at radius 2 is 1.79 bits per heavy atom. The Hall–Kier alpha value is -2.64. The Morgan fingerprint density at radius 1 is 1.13 bits per heavy atom. The molecule has 1 aliphatic heterocycles. The fourth-order valence-corrected chi connectivity index (χ4v) is 6.15. The van der Waals surface area contributed by atoms with E-state index in [1.165, 1.54) is 4.90 Å². The minimum absolute atomic E-state index is 0.276. The van der Waals surface area contributed by atoms with E-state index in [2.05, 4.69) is 0 Å². The molecule has 1 N–H and O–H groups in total. The van der Waals surface area contributed by atoms with Crippen LogP contribution in [0, 0.1) is 11.5 Å². The molecular formula is C27H31Cl2N3O5S. The van der Waals surface area contributed by atoms with Crippen LogP contribution in [0.1, 0.15) is 63.8 Å². The number of nitriles is 1. The van der Waals surface area contributed by atoms with Crippen LogP contribution in [-0.4, -0.2) is 47.8 Å². The molecule has 0 saturated carbocycles. The van der Waals surface area contributed by atoms with Crippen LogP contribution in [0.15, 0.2) is 48.5 Å². The van der Waals surface area contributed by atoms with Crippen molar-refractivity contribution in [2.24, 2.45) is 0 Å². The predicted octanol–water partition coefficient (Wildman–Crippen LogP) is 4.98. The first kappa shape index (κ1) is 29.9. The number of amides is 2. The van der Waals surface area contributed by atoms with Gasteiger partial charge in [-0.3, -0.25) is 14.9 Å². The Morgan fingerprint density at radius 3 is 2.34 bits per heavy atom. The average molecular weight is 581 g/mol. The average Bonchev–Trinajstić information content (AvgIpc) is 2.83. The van der Waals surface area contributed by atoms with Gasteiger partial charge < -0.3 is 9.64 Å². The van der Waals surface area contributed by atoms with Gasteiger partial charge in [0, 0.05) is 16.1 Å². The molecule has 4 atom stereocenters. The van der Waals surface area contributed by atoms with Gasteiger partial charge in [-0.2, -0.15) is 5.26 Å². The second kappa shape index (κ2) is 12.0. The van der Waals surface area contributed by atoms with E-state index in [4.69, 9.17) is 33.2 Å². The Labute approximate surface area is 233 Å². The molecule has 0 aromatic heterocycles. The minimum Gasteiger partial charge on any atom is -0.357 e. The van der Waals surface area contributed by atoms with Crippen LogP contribution in [-0.2, 0) is 24.2 Å². The number of hydrogen-bond donors (Lipinski definition) is 1. The number of morpholine rings is 1. The van der Waals surface area contributed by atoms with E-state index in [-0.39, 0.29) is 5.75 Å². The van der Waals surface area contributed by atoms with Crippen LogP contribution in [0.4, 0.5) is 0 Å². The maximum absolute atomic E-state index is 14.0. The van der Waals surface area contributed by atoms with Crippen molar-refractivity contribution in [3.63, 3.8) is 0 Å². The van der Waals surface area contributed by atoms with Gasteiger partial charge in [0.2, 0.25) is 5.91 Å². The van der Waals surface area contributed by atoms with Gasteiger partial charge in [0.1, 0.15) is 12.2 Å². The predicted molar refractivity (Wildman–Crippen MR) is 146 cm³/mol. The van der Waals surface area contributed by atoms with Gasteiger partial charge in [-0.15, -0.1) is 0 Å². The first-order chi connectivity index (χ1) is 17.8. The van der Waals surface area contributed by atoms with Gasteiger partial charge in [-0.25, -0.2) is 8.42 Å². The molecule has 0 radical (unpaired) electrons. The van der Waals surface area contributed by atoms with Crippen LogP contribution >= 0.6 is 23.2 Å². The van der Waals surface area contributed by atoms with Crippen LogP contribution in [0.2, 0.25) is 10.0 Å². The number of benzene rings is 2. The van der Waals surface area contributed by atoms with Crippen molar-refractivity contribution in [3.05, 3.63) is 69.7 Å². The maximum Gasteiger partial charge on any atom is 0.253 e. The smallest absolute Gasteiger partial charge is 0.253 e. The summed E-state index contributed by atoms with van der Waals surface area (Å²) in [5.74, 6) is -1.49. The van der Waals surface area contributed by atoms with E-state index in [0.717, 1.165) is 0 Å². The van der Waals surface area contributed by atoms with E-state index in [9.17, 15) is 18.0 Å². The molecule has 0 spiro atoms. The number of nitrogens with one attached hydrogen (secondary N) is 1. The zero-order chi connectivity index (χ0) is 28.3. The SMILES string of the molecule is CCC(CS(=O)(=O)C(C)(C)C)N1C(=O)[C@@H](CC(=O)NC#N)O[C@H](c2cccc(Cl)c2)[C@H]1c1ccc(Cl)cc1. The van der Waals surface area contributed by atoms with Crippen LogP contribution in [0.25, 0.3) is 0 Å². The van der Waals surface area contributed by atoms with Crippen LogP contribution in [0.5, 0.6) is 0 Å². The van der Waals surface area contributed by atoms with Crippen LogP contribution in [0.3, 0.4) is 0 Å². The second-order valence-corrected chi connectivity index (χ2v) is 13.8. The van der Waals surface area contributed by atoms with E-state index in [1.54, 1.807) is 75.5 Å². The summed E-state index contributed by atoms with van der Waals surface area (Å²) in [6.07, 6.45) is -0.544. The van der Waals surface area contributed by atoms with Crippen molar-refractivity contribution in [2.45, 2.75) is 69.6 Å². The lowest BCUT2D eigenvalue weighted by Crippen LogP contribution is -2.57. The highest BCUT2D eigenvalue weighted by molar-refractivity contribution is 7.92. The van der Waals surface area contributed by atoms with Gasteiger partial charge in [0.25, 0.3) is 5.91 Å². The highest BCUT2D eigenvalue weighted by atomic mass is 35.5. The summed E-state index contributed by atoms with van der Waals surface area (Å²) >= 11 is 12.4. The van der Waals surface area contributed by atoms with E-state index >= 15 is 0 Å². The summed E-state index contributed by atoms with van der Waals surface area (Å²) in [7, 11) is -3.63. The first-order valence-electron chi connectivity index (χ1n) is 12.2. The van der Waals surface area contributed by atoms with E-state index < -0.39 is 57.1 Å². The van der Waals surface area contributed by atoms with Crippen molar-refractivity contribution in [1.82, 2.24) is 10.2 Å². The second-order valence-electron chi connectivity index (χ2n) is 10.2. The molecule has 8 nitrogen and oxygen atoms in total. The highest BCUT2D eigenvalue weighted by Gasteiger charge is 2.48. The number of sulfone groups is 1. The standard InChI is InChI=1S/C27H31Cl2N3O5S/c1-5-21(15-38(35,36)27(2,3)4)32-24(17-9-11-19(28)12-10-17)25(18-7-6-8-20(29)13-18)37-22(26(32)34)14-23(33)31-16-30/h6-13,21-22,24-25H,5,14-15H2,1-4H3,(H,31,33)/t21?,22-,24-,25-/m1/s1. The third kappa shape index (κ3) is 6.67. The molecular weight excluding hydrogens is 549 g/mol. The highest BCUT2D eigenvalue weighted by Crippen LogP contribution is 2.45. The number of carbonyl (C=O) groups excluding carboxylic acids is 2. The quantitative estimate of drug-likeness (QED) is 0.348. The van der Waals surface area contributed by atoms with Gasteiger partial charge >= 0.3 is 0 Å². The van der Waals surface area contributed by atoms with Crippen molar-refractivity contribution in [1.29, 1.82) is 5.26 Å². The Bertz CT molecular complexity index is 1320. The molecule has 1 saturated heterocycles. The molecule has 3 rings (SSSR count). The summed E-state index contributed by atoms with van der Waals surface area (Å²) in [5, 5.41) is 11.9. The van der Waals surface area contributed by atoms with Gasteiger partial charge in [-0.05, 0) is 62.6 Å². The number of halogens is 2. The monoisotopic (exact) mass is 579 g/mol. The van der Waals surface area contributed by atoms with Crippen molar-refractivity contribution >= 4 is 44.9 Å². The molecule has 2 amide bonds. The van der Waals surface area contributed by atoms with Gasteiger partial charge in [0.15, 0.2) is 16.0 Å². The topological polar surface area (TPSA) is 117 Å². The summed E-state index contributed by atoms with van der Waals surface area (Å²) in [6, 6.07) is 12.4. The Kier molecular flexibility index (Phi) is 9.48. The lowest BCUT2D eigenvalue weighted by molar-refractivity contribution is -0.180. The molecule has 1 aliphatic rings. The molecule has 2 aromatic rings. The lowest BCUT2D eigenvalue weighted by Gasteiger charge is -2.48. The fraction of sp³-hybridized carbons (Fsp3) is 0.444. The number of hydrogen-bond acceptors (Lipinski definition) is 6. The zero-order valence-electron chi connectivity index (χ0n) is 21.6. The molecule has 1 fully saturated rings. The van der Waals surface area contributed by atoms with Crippen molar-refractivity contribution < 1.29 is 22.7 Å². The lowest BCUT2D eigenvalue weighted by atomic mass is 9.89. The first-order valence-corrected chi connectivity index (χ1v) is 14.6. The minimum atomic E-state index is -3.63.